The first kappa shape index (κ1) is 14.6. The summed E-state index contributed by atoms with van der Waals surface area (Å²) in [5.74, 6) is -0.0657. The molecule has 23 heavy (non-hydrogen) atoms. The smallest absolute Gasteiger partial charge is 0.251 e. The zero-order chi connectivity index (χ0) is 15.7. The molecule has 1 aromatic heterocycles. The summed E-state index contributed by atoms with van der Waals surface area (Å²) in [4.78, 5) is 12.5. The summed E-state index contributed by atoms with van der Waals surface area (Å²) < 4.78 is 11.5. The minimum Gasteiger partial charge on any atom is -0.381 e. The topological polar surface area (TPSA) is 89.1 Å². The average Bonchev–Trinajstić information content (AvgIpc) is 3.03. The number of hydrogen-bond donors (Lipinski definition) is 2. The Balaban J connectivity index is 1.45. The van der Waals surface area contributed by atoms with Gasteiger partial charge >= 0.3 is 0 Å². The van der Waals surface area contributed by atoms with Crippen molar-refractivity contribution in [3.63, 3.8) is 0 Å². The third kappa shape index (κ3) is 2.94. The number of H-pyrrole nitrogens is 1. The average molecular weight is 316 g/mol. The molecule has 4 rings (SSSR count). The summed E-state index contributed by atoms with van der Waals surface area (Å²) in [6, 6.07) is 5.49. The molecular weight excluding hydrogens is 296 g/mol. The van der Waals surface area contributed by atoms with Gasteiger partial charge in [0.25, 0.3) is 5.91 Å². The van der Waals surface area contributed by atoms with E-state index in [1.165, 1.54) is 0 Å². The van der Waals surface area contributed by atoms with Crippen LogP contribution in [0.25, 0.3) is 11.0 Å². The number of carbonyl (C=O) groups excluding carboxylic acids is 1. The van der Waals surface area contributed by atoms with Crippen molar-refractivity contribution >= 4 is 16.9 Å². The lowest BCUT2D eigenvalue weighted by molar-refractivity contribution is -0.139. The summed E-state index contributed by atoms with van der Waals surface area (Å²) in [6.07, 6.45) is 3.52. The van der Waals surface area contributed by atoms with Crippen LogP contribution in [0.2, 0.25) is 0 Å². The fraction of sp³-hybridized carbons (Fsp3) is 0.562. The standard InChI is InChI=1S/C16H20N4O3/c21-15(11-1-2-13-14(9-11)19-20-18-13)17-12-3-6-23-16(10-12)4-7-22-8-5-16/h1-2,9,12H,3-8,10H2,(H,17,21)(H,18,19,20)/t12-/m0/s1. The third-order valence-corrected chi connectivity index (χ3v) is 4.81. The van der Waals surface area contributed by atoms with Gasteiger partial charge in [-0.05, 0) is 43.9 Å². The Morgan fingerprint density at radius 2 is 2.04 bits per heavy atom. The predicted octanol–water partition coefficient (Wildman–Crippen LogP) is 1.42. The van der Waals surface area contributed by atoms with Gasteiger partial charge in [-0.2, -0.15) is 15.4 Å². The maximum atomic E-state index is 12.5. The van der Waals surface area contributed by atoms with Crippen LogP contribution in [0.15, 0.2) is 18.2 Å². The molecule has 0 unspecified atom stereocenters. The van der Waals surface area contributed by atoms with Crippen LogP contribution in [0.4, 0.5) is 0 Å². The van der Waals surface area contributed by atoms with E-state index in [4.69, 9.17) is 9.47 Å². The molecule has 0 radical (unpaired) electrons. The Hall–Kier alpha value is -1.99. The second kappa shape index (κ2) is 5.90. The Bertz CT molecular complexity index is 703. The van der Waals surface area contributed by atoms with Gasteiger partial charge < -0.3 is 14.8 Å². The molecule has 2 fully saturated rings. The van der Waals surface area contributed by atoms with Gasteiger partial charge in [-0.25, -0.2) is 0 Å². The first-order valence-corrected chi connectivity index (χ1v) is 8.07. The molecule has 0 aliphatic carbocycles. The van der Waals surface area contributed by atoms with Crippen molar-refractivity contribution in [3.05, 3.63) is 23.8 Å². The minimum atomic E-state index is -0.121. The van der Waals surface area contributed by atoms with Crippen LogP contribution in [0, 0.1) is 0 Å². The molecule has 0 saturated carbocycles. The number of nitrogens with zero attached hydrogens (tertiary/aromatic N) is 2. The SMILES string of the molecule is O=C(N[C@H]1CCOC2(CCOCC2)C1)c1ccc2n[nH]nc2c1. The molecule has 0 bridgehead atoms. The van der Waals surface area contributed by atoms with Crippen molar-refractivity contribution in [1.82, 2.24) is 20.7 Å². The molecule has 7 heteroatoms. The van der Waals surface area contributed by atoms with Gasteiger partial charge in [0.05, 0.1) is 5.60 Å². The molecule has 2 aromatic rings. The number of nitrogens with one attached hydrogen (secondary N) is 2. The van der Waals surface area contributed by atoms with Crippen LogP contribution in [0.3, 0.4) is 0 Å². The van der Waals surface area contributed by atoms with Crippen molar-refractivity contribution in [1.29, 1.82) is 0 Å². The van der Waals surface area contributed by atoms with Crippen molar-refractivity contribution in [2.75, 3.05) is 19.8 Å². The van der Waals surface area contributed by atoms with Crippen LogP contribution in [-0.4, -0.2) is 52.8 Å². The van der Waals surface area contributed by atoms with E-state index >= 15 is 0 Å². The molecule has 1 amide bonds. The van der Waals surface area contributed by atoms with E-state index in [-0.39, 0.29) is 17.6 Å². The van der Waals surface area contributed by atoms with Gasteiger partial charge in [0, 0.05) is 31.4 Å². The number of fused-ring (bicyclic) bond motifs is 1. The number of rotatable bonds is 2. The first-order chi connectivity index (χ1) is 11.2. The minimum absolute atomic E-state index is 0.0657. The van der Waals surface area contributed by atoms with E-state index < -0.39 is 0 Å². The molecule has 2 N–H and O–H groups in total. The van der Waals surface area contributed by atoms with Crippen LogP contribution in [0.5, 0.6) is 0 Å². The van der Waals surface area contributed by atoms with Crippen molar-refractivity contribution in [2.24, 2.45) is 0 Å². The Morgan fingerprint density at radius 1 is 1.22 bits per heavy atom. The molecule has 3 heterocycles. The van der Waals surface area contributed by atoms with Crippen molar-refractivity contribution < 1.29 is 14.3 Å². The first-order valence-electron chi connectivity index (χ1n) is 8.07. The molecule has 2 aliphatic heterocycles. The van der Waals surface area contributed by atoms with Crippen molar-refractivity contribution in [2.45, 2.75) is 37.3 Å². The Kier molecular flexibility index (Phi) is 3.74. The molecule has 1 spiro atoms. The van der Waals surface area contributed by atoms with Gasteiger partial charge in [-0.3, -0.25) is 4.79 Å². The summed E-state index contributed by atoms with van der Waals surface area (Å²) in [6.45, 7) is 2.17. The maximum Gasteiger partial charge on any atom is 0.251 e. The number of aromatic nitrogens is 3. The zero-order valence-electron chi connectivity index (χ0n) is 12.9. The quantitative estimate of drug-likeness (QED) is 0.874. The van der Waals surface area contributed by atoms with Gasteiger partial charge in [0.15, 0.2) is 0 Å². The Morgan fingerprint density at radius 3 is 2.91 bits per heavy atom. The highest BCUT2D eigenvalue weighted by atomic mass is 16.5. The van der Waals surface area contributed by atoms with E-state index in [0.717, 1.165) is 44.4 Å². The van der Waals surface area contributed by atoms with Crippen molar-refractivity contribution in [3.8, 4) is 0 Å². The number of amides is 1. The molecule has 2 saturated heterocycles. The predicted molar refractivity (Wildman–Crippen MR) is 83.1 cm³/mol. The highest BCUT2D eigenvalue weighted by Gasteiger charge is 2.39. The number of hydrogen-bond acceptors (Lipinski definition) is 5. The fourth-order valence-corrected chi connectivity index (χ4v) is 3.49. The highest BCUT2D eigenvalue weighted by Crippen LogP contribution is 2.34. The molecule has 7 nitrogen and oxygen atoms in total. The second-order valence-corrected chi connectivity index (χ2v) is 6.33. The number of aromatic amines is 1. The molecule has 2 aliphatic rings. The van der Waals surface area contributed by atoms with E-state index in [0.29, 0.717) is 17.7 Å². The maximum absolute atomic E-state index is 12.5. The van der Waals surface area contributed by atoms with Gasteiger partial charge in [0.2, 0.25) is 0 Å². The number of ether oxygens (including phenoxy) is 2. The summed E-state index contributed by atoms with van der Waals surface area (Å²) in [5, 5.41) is 13.7. The lowest BCUT2D eigenvalue weighted by atomic mass is 9.84. The monoisotopic (exact) mass is 316 g/mol. The summed E-state index contributed by atoms with van der Waals surface area (Å²) >= 11 is 0. The van der Waals surface area contributed by atoms with Crippen LogP contribution < -0.4 is 5.32 Å². The van der Waals surface area contributed by atoms with Crippen LogP contribution in [0.1, 0.15) is 36.0 Å². The van der Waals surface area contributed by atoms with E-state index in [9.17, 15) is 4.79 Å². The number of carbonyl (C=O) groups is 1. The van der Waals surface area contributed by atoms with E-state index in [1.54, 1.807) is 18.2 Å². The summed E-state index contributed by atoms with van der Waals surface area (Å²) in [7, 11) is 0. The van der Waals surface area contributed by atoms with Gasteiger partial charge in [0.1, 0.15) is 11.0 Å². The molecular formula is C16H20N4O3. The third-order valence-electron chi connectivity index (χ3n) is 4.81. The van der Waals surface area contributed by atoms with Crippen LogP contribution >= 0.6 is 0 Å². The summed E-state index contributed by atoms with van der Waals surface area (Å²) in [5.41, 5.74) is 1.95. The molecule has 1 atom stereocenters. The van der Waals surface area contributed by atoms with E-state index in [1.807, 2.05) is 0 Å². The zero-order valence-corrected chi connectivity index (χ0v) is 12.9. The highest BCUT2D eigenvalue weighted by molar-refractivity contribution is 5.97. The fourth-order valence-electron chi connectivity index (χ4n) is 3.49. The normalized spacial score (nSPS) is 23.9. The lowest BCUT2D eigenvalue weighted by Crippen LogP contribution is -2.51. The molecule has 1 aromatic carbocycles. The Labute approximate surface area is 133 Å². The largest absolute Gasteiger partial charge is 0.381 e. The second-order valence-electron chi connectivity index (χ2n) is 6.33. The molecule has 122 valence electrons. The van der Waals surface area contributed by atoms with Gasteiger partial charge in [-0.15, -0.1) is 0 Å². The number of benzene rings is 1. The van der Waals surface area contributed by atoms with Crippen LogP contribution in [-0.2, 0) is 9.47 Å². The lowest BCUT2D eigenvalue weighted by Gasteiger charge is -2.43. The van der Waals surface area contributed by atoms with Gasteiger partial charge in [-0.1, -0.05) is 0 Å². The van der Waals surface area contributed by atoms with E-state index in [2.05, 4.69) is 20.7 Å².